The number of fused-ring (bicyclic) bond motifs is 1. The smallest absolute Gasteiger partial charge is 0.349 e. The van der Waals surface area contributed by atoms with Crippen LogP contribution in [-0.2, 0) is 14.8 Å². The number of hydrogen-bond donors (Lipinski definition) is 0. The van der Waals surface area contributed by atoms with Crippen LogP contribution in [0.3, 0.4) is 0 Å². The second kappa shape index (κ2) is 7.69. The summed E-state index contributed by atoms with van der Waals surface area (Å²) in [6.07, 6.45) is 0. The van der Waals surface area contributed by atoms with Gasteiger partial charge in [0, 0.05) is 0 Å². The van der Waals surface area contributed by atoms with Gasteiger partial charge in [-0.15, -0.1) is 11.3 Å². The fourth-order valence-corrected chi connectivity index (χ4v) is 5.93. The first-order chi connectivity index (χ1) is 14.0. The number of rotatable bonds is 5. The molecule has 146 valence electrons. The van der Waals surface area contributed by atoms with Crippen molar-refractivity contribution in [1.82, 2.24) is 0 Å². The Kier molecular flexibility index (Phi) is 5.08. The van der Waals surface area contributed by atoms with Crippen LogP contribution in [0, 0.1) is 0 Å². The second-order valence-corrected chi connectivity index (χ2v) is 8.91. The second-order valence-electron chi connectivity index (χ2n) is 6.24. The number of benzene rings is 3. The van der Waals surface area contributed by atoms with Crippen molar-refractivity contribution in [3.8, 4) is 0 Å². The summed E-state index contributed by atoms with van der Waals surface area (Å²) >= 11 is 1.04. The lowest BCUT2D eigenvalue weighted by Crippen LogP contribution is -2.27. The molecule has 0 saturated carbocycles. The van der Waals surface area contributed by atoms with Crippen molar-refractivity contribution in [3.05, 3.63) is 89.1 Å². The number of carbonyl (C=O) groups is 1. The molecule has 0 atom stereocenters. The highest BCUT2D eigenvalue weighted by molar-refractivity contribution is 7.93. The van der Waals surface area contributed by atoms with E-state index in [0.717, 1.165) is 22.1 Å². The van der Waals surface area contributed by atoms with Gasteiger partial charge in [0.2, 0.25) is 0 Å². The van der Waals surface area contributed by atoms with Gasteiger partial charge in [0.05, 0.1) is 18.5 Å². The minimum absolute atomic E-state index is 0.0502. The molecule has 1 heterocycles. The zero-order chi connectivity index (χ0) is 20.4. The summed E-state index contributed by atoms with van der Waals surface area (Å²) in [7, 11) is -2.84. The highest BCUT2D eigenvalue weighted by Crippen LogP contribution is 2.36. The van der Waals surface area contributed by atoms with E-state index < -0.39 is 16.0 Å². The number of thiophene rings is 1. The molecular weight excluding hydrogens is 406 g/mol. The van der Waals surface area contributed by atoms with Crippen LogP contribution >= 0.6 is 11.3 Å². The van der Waals surface area contributed by atoms with E-state index in [1.54, 1.807) is 35.7 Å². The van der Waals surface area contributed by atoms with Gasteiger partial charge in [-0.25, -0.2) is 17.5 Å². The van der Waals surface area contributed by atoms with Gasteiger partial charge >= 0.3 is 5.97 Å². The fraction of sp³-hybridized carbons (Fsp3) is 0.0455. The quantitative estimate of drug-likeness (QED) is 0.413. The molecule has 1 aromatic heterocycles. The average Bonchev–Trinajstić information content (AvgIpc) is 3.25. The Labute approximate surface area is 172 Å². The predicted molar refractivity (Wildman–Crippen MR) is 115 cm³/mol. The molecule has 7 heteroatoms. The maximum atomic E-state index is 13.7. The lowest BCUT2D eigenvalue weighted by Gasteiger charge is -2.25. The SMILES string of the molecule is COC(=O)c1sccc1S(=O)(=O)N(c1ccccc1)c1ccc2ccccc2c1. The molecule has 5 nitrogen and oxygen atoms in total. The molecular formula is C22H17NO4S2. The zero-order valence-electron chi connectivity index (χ0n) is 15.5. The molecule has 0 aliphatic heterocycles. The van der Waals surface area contributed by atoms with Gasteiger partial charge < -0.3 is 4.74 Å². The fourth-order valence-electron chi connectivity index (χ4n) is 3.13. The number of carbonyl (C=O) groups excluding carboxylic acids is 1. The van der Waals surface area contributed by atoms with Gasteiger partial charge in [-0.1, -0.05) is 48.5 Å². The summed E-state index contributed by atoms with van der Waals surface area (Å²) < 4.78 is 33.4. The summed E-state index contributed by atoms with van der Waals surface area (Å²) in [5.41, 5.74) is 0.960. The van der Waals surface area contributed by atoms with Crippen LogP contribution in [0.25, 0.3) is 10.8 Å². The molecule has 0 radical (unpaired) electrons. The van der Waals surface area contributed by atoms with Crippen LogP contribution < -0.4 is 4.31 Å². The van der Waals surface area contributed by atoms with Crippen LogP contribution in [0.15, 0.2) is 89.1 Å². The largest absolute Gasteiger partial charge is 0.465 e. The summed E-state index contributed by atoms with van der Waals surface area (Å²) in [6, 6.07) is 23.4. The van der Waals surface area contributed by atoms with Crippen molar-refractivity contribution in [1.29, 1.82) is 0 Å². The van der Waals surface area contributed by atoms with Gasteiger partial charge in [-0.2, -0.15) is 0 Å². The molecule has 0 aliphatic carbocycles. The minimum Gasteiger partial charge on any atom is -0.465 e. The molecule has 0 fully saturated rings. The third-order valence-corrected chi connectivity index (χ3v) is 7.30. The lowest BCUT2D eigenvalue weighted by atomic mass is 10.1. The Morgan fingerprint density at radius 2 is 1.55 bits per heavy atom. The van der Waals surface area contributed by atoms with Crippen molar-refractivity contribution >= 4 is 49.5 Å². The Morgan fingerprint density at radius 1 is 0.862 bits per heavy atom. The Bertz CT molecular complexity index is 1280. The van der Waals surface area contributed by atoms with Crippen LogP contribution in [0.4, 0.5) is 11.4 Å². The third-order valence-electron chi connectivity index (χ3n) is 4.48. The highest BCUT2D eigenvalue weighted by atomic mass is 32.2. The molecule has 0 amide bonds. The maximum Gasteiger partial charge on any atom is 0.349 e. The normalized spacial score (nSPS) is 11.3. The van der Waals surface area contributed by atoms with Gasteiger partial charge in [0.25, 0.3) is 10.0 Å². The first-order valence-electron chi connectivity index (χ1n) is 8.77. The van der Waals surface area contributed by atoms with Crippen molar-refractivity contribution in [2.75, 3.05) is 11.4 Å². The molecule has 4 aromatic rings. The van der Waals surface area contributed by atoms with Gasteiger partial charge in [0.15, 0.2) is 0 Å². The molecule has 0 saturated heterocycles. The number of sulfonamides is 1. The van der Waals surface area contributed by atoms with Gasteiger partial charge in [-0.3, -0.25) is 0 Å². The number of hydrogen-bond acceptors (Lipinski definition) is 5. The first-order valence-corrected chi connectivity index (χ1v) is 11.1. The molecule has 0 unspecified atom stereocenters. The molecule has 0 aliphatic rings. The lowest BCUT2D eigenvalue weighted by molar-refractivity contribution is 0.0602. The molecule has 0 bridgehead atoms. The molecule has 29 heavy (non-hydrogen) atoms. The van der Waals surface area contributed by atoms with Crippen molar-refractivity contribution in [2.24, 2.45) is 0 Å². The number of esters is 1. The maximum absolute atomic E-state index is 13.7. The van der Waals surface area contributed by atoms with E-state index in [0.29, 0.717) is 11.4 Å². The molecule has 4 rings (SSSR count). The van der Waals surface area contributed by atoms with Crippen molar-refractivity contribution in [3.63, 3.8) is 0 Å². The first kappa shape index (κ1) is 19.2. The predicted octanol–water partition coefficient (Wildman–Crippen LogP) is 5.21. The number of anilines is 2. The zero-order valence-corrected chi connectivity index (χ0v) is 17.1. The van der Waals surface area contributed by atoms with E-state index in [9.17, 15) is 13.2 Å². The van der Waals surface area contributed by atoms with Crippen LogP contribution in [0.1, 0.15) is 9.67 Å². The van der Waals surface area contributed by atoms with Crippen LogP contribution in [0.5, 0.6) is 0 Å². The van der Waals surface area contributed by atoms with Crippen molar-refractivity contribution in [2.45, 2.75) is 4.90 Å². The summed E-state index contributed by atoms with van der Waals surface area (Å²) in [5, 5.41) is 3.50. The van der Waals surface area contributed by atoms with Crippen LogP contribution in [-0.4, -0.2) is 21.5 Å². The Morgan fingerprint density at radius 3 is 2.28 bits per heavy atom. The van der Waals surface area contributed by atoms with Crippen molar-refractivity contribution < 1.29 is 17.9 Å². The summed E-state index contributed by atoms with van der Waals surface area (Å²) in [5.74, 6) is -0.676. The number of para-hydroxylation sites is 1. The van der Waals surface area contributed by atoms with E-state index in [1.165, 1.54) is 17.5 Å². The standard InChI is InChI=1S/C22H17NO4S2/c1-27-22(24)21-20(13-14-28-21)29(25,26)23(18-9-3-2-4-10-18)19-12-11-16-7-5-6-8-17(16)15-19/h2-15H,1H3. The Balaban J connectivity index is 1.94. The molecule has 0 N–H and O–H groups in total. The third kappa shape index (κ3) is 3.50. The van der Waals surface area contributed by atoms with Gasteiger partial charge in [0.1, 0.15) is 9.77 Å². The van der Waals surface area contributed by atoms with E-state index >= 15 is 0 Å². The number of methoxy groups -OCH3 is 1. The monoisotopic (exact) mass is 423 g/mol. The number of nitrogens with zero attached hydrogens (tertiary/aromatic N) is 1. The topological polar surface area (TPSA) is 63.7 Å². The summed E-state index contributed by atoms with van der Waals surface area (Å²) in [4.78, 5) is 12.1. The van der Waals surface area contributed by atoms with Crippen LogP contribution in [0.2, 0.25) is 0 Å². The van der Waals surface area contributed by atoms with E-state index in [1.807, 2.05) is 42.5 Å². The van der Waals surface area contributed by atoms with E-state index in [4.69, 9.17) is 4.74 Å². The summed E-state index contributed by atoms with van der Waals surface area (Å²) in [6.45, 7) is 0. The highest BCUT2D eigenvalue weighted by Gasteiger charge is 2.32. The Hall–Kier alpha value is -3.16. The van der Waals surface area contributed by atoms with E-state index in [-0.39, 0.29) is 9.77 Å². The van der Waals surface area contributed by atoms with E-state index in [2.05, 4.69) is 0 Å². The van der Waals surface area contributed by atoms with Gasteiger partial charge in [-0.05, 0) is 46.5 Å². The average molecular weight is 424 g/mol. The minimum atomic E-state index is -4.08. The molecule has 0 spiro atoms. The molecule has 3 aromatic carbocycles. The number of ether oxygens (including phenoxy) is 1.